The molecule has 1 amide bonds. The number of carbonyl (C=O) groups is 1. The van der Waals surface area contributed by atoms with E-state index in [1.54, 1.807) is 0 Å². The van der Waals surface area contributed by atoms with Gasteiger partial charge in [-0.05, 0) is 50.8 Å². The Hall–Kier alpha value is -1.09. The summed E-state index contributed by atoms with van der Waals surface area (Å²) in [7, 11) is 0. The number of nitrogens with two attached hydrogens (primary N) is 1. The van der Waals surface area contributed by atoms with Gasteiger partial charge in [-0.3, -0.25) is 4.79 Å². The molecule has 0 bridgehead atoms. The number of hydrogen-bond acceptors (Lipinski definition) is 2. The van der Waals surface area contributed by atoms with Gasteiger partial charge in [-0.25, -0.2) is 0 Å². The molecule has 17 heavy (non-hydrogen) atoms. The summed E-state index contributed by atoms with van der Waals surface area (Å²) in [5, 5.41) is 3.39. The second kappa shape index (κ2) is 3.98. The molecule has 0 aromatic heterocycles. The van der Waals surface area contributed by atoms with Crippen LogP contribution in [0.4, 0.5) is 0 Å². The number of hydrogen-bond donors (Lipinski definition) is 2. The maximum Gasteiger partial charge on any atom is 0.221 e. The minimum Gasteiger partial charge on any atom is -0.369 e. The number of carbonyl (C=O) groups excluding carboxylic acids is 1. The summed E-state index contributed by atoms with van der Waals surface area (Å²) in [6, 6.07) is 0. The smallest absolute Gasteiger partial charge is 0.221 e. The first-order valence-electron chi connectivity index (χ1n) is 6.63. The van der Waals surface area contributed by atoms with Gasteiger partial charge in [-0.15, -0.1) is 0 Å². The van der Waals surface area contributed by atoms with Gasteiger partial charge in [0.25, 0.3) is 0 Å². The van der Waals surface area contributed by atoms with Gasteiger partial charge < -0.3 is 11.1 Å². The van der Waals surface area contributed by atoms with Crippen LogP contribution in [-0.4, -0.2) is 19.0 Å². The van der Waals surface area contributed by atoms with Crippen LogP contribution in [0.3, 0.4) is 0 Å². The maximum absolute atomic E-state index is 11.8. The van der Waals surface area contributed by atoms with Gasteiger partial charge >= 0.3 is 0 Å². The Bertz CT molecular complexity index is 402. The van der Waals surface area contributed by atoms with Crippen molar-refractivity contribution in [2.24, 2.45) is 17.1 Å². The normalized spacial score (nSPS) is 30.7. The quantitative estimate of drug-likeness (QED) is 0.720. The minimum atomic E-state index is -0.102. The van der Waals surface area contributed by atoms with Crippen LogP contribution in [0.15, 0.2) is 23.3 Å². The molecule has 2 aliphatic carbocycles. The first kappa shape index (κ1) is 11.0. The average molecular weight is 232 g/mol. The standard InChI is InChI=1S/C14H20N2O/c15-13(17)12-9-10-3-1-2-4-11(10)14(12)5-7-16-8-6-14/h2,4,12,16H,1,3,5-9H2,(H2,15,17). The van der Waals surface area contributed by atoms with Gasteiger partial charge in [0.05, 0.1) is 5.92 Å². The van der Waals surface area contributed by atoms with E-state index in [9.17, 15) is 4.79 Å². The van der Waals surface area contributed by atoms with Crippen LogP contribution in [0.1, 0.15) is 32.1 Å². The fourth-order valence-electron chi connectivity index (χ4n) is 3.93. The molecule has 3 heteroatoms. The predicted octanol–water partition coefficient (Wildman–Crippen LogP) is 1.51. The molecule has 1 unspecified atom stereocenters. The summed E-state index contributed by atoms with van der Waals surface area (Å²) >= 11 is 0. The fraction of sp³-hybridized carbons (Fsp3) is 0.643. The summed E-state index contributed by atoms with van der Waals surface area (Å²) in [5.41, 5.74) is 8.66. The third-order valence-electron chi connectivity index (χ3n) is 4.77. The van der Waals surface area contributed by atoms with E-state index in [0.29, 0.717) is 0 Å². The Morgan fingerprint density at radius 1 is 1.41 bits per heavy atom. The molecular formula is C14H20N2O. The monoisotopic (exact) mass is 232 g/mol. The molecule has 92 valence electrons. The van der Waals surface area contributed by atoms with Crippen LogP contribution >= 0.6 is 0 Å². The van der Waals surface area contributed by atoms with Crippen LogP contribution in [0, 0.1) is 11.3 Å². The third-order valence-corrected chi connectivity index (χ3v) is 4.77. The maximum atomic E-state index is 11.8. The fourth-order valence-corrected chi connectivity index (χ4v) is 3.93. The van der Waals surface area contributed by atoms with E-state index in [4.69, 9.17) is 5.73 Å². The number of rotatable bonds is 1. The second-order valence-electron chi connectivity index (χ2n) is 5.52. The van der Waals surface area contributed by atoms with Crippen molar-refractivity contribution >= 4 is 5.91 Å². The summed E-state index contributed by atoms with van der Waals surface area (Å²) in [6.45, 7) is 2.02. The number of fused-ring (bicyclic) bond motifs is 1. The number of amides is 1. The van der Waals surface area contributed by atoms with Crippen LogP contribution in [0.5, 0.6) is 0 Å². The lowest BCUT2D eigenvalue weighted by Crippen LogP contribution is -2.45. The lowest BCUT2D eigenvalue weighted by Gasteiger charge is -2.40. The number of piperidine rings is 1. The van der Waals surface area contributed by atoms with Gasteiger partial charge in [0.15, 0.2) is 0 Å². The van der Waals surface area contributed by atoms with E-state index < -0.39 is 0 Å². The lowest BCUT2D eigenvalue weighted by atomic mass is 9.67. The Morgan fingerprint density at radius 2 is 2.18 bits per heavy atom. The third kappa shape index (κ3) is 1.56. The zero-order valence-corrected chi connectivity index (χ0v) is 10.2. The van der Waals surface area contributed by atoms with E-state index in [1.165, 1.54) is 11.1 Å². The van der Waals surface area contributed by atoms with Crippen LogP contribution in [0.25, 0.3) is 0 Å². The largest absolute Gasteiger partial charge is 0.369 e. The molecular weight excluding hydrogens is 212 g/mol. The van der Waals surface area contributed by atoms with Crippen molar-refractivity contribution in [1.29, 1.82) is 0 Å². The number of nitrogens with one attached hydrogen (secondary N) is 1. The van der Waals surface area contributed by atoms with Crippen LogP contribution in [-0.2, 0) is 4.79 Å². The van der Waals surface area contributed by atoms with E-state index >= 15 is 0 Å². The molecule has 3 rings (SSSR count). The van der Waals surface area contributed by atoms with Gasteiger partial charge in [-0.1, -0.05) is 17.7 Å². The molecule has 1 heterocycles. The van der Waals surface area contributed by atoms with Crippen LogP contribution in [0.2, 0.25) is 0 Å². The summed E-state index contributed by atoms with van der Waals surface area (Å²) in [6.07, 6.45) is 9.81. The van der Waals surface area contributed by atoms with Crippen molar-refractivity contribution in [2.75, 3.05) is 13.1 Å². The molecule has 3 aliphatic rings. The summed E-state index contributed by atoms with van der Waals surface area (Å²) in [5.74, 6) is -0.0629. The van der Waals surface area contributed by atoms with Crippen molar-refractivity contribution in [3.8, 4) is 0 Å². The highest BCUT2D eigenvalue weighted by Crippen LogP contribution is 2.55. The first-order chi connectivity index (χ1) is 8.24. The number of allylic oxidation sites excluding steroid dienone is 4. The van der Waals surface area contributed by atoms with Gasteiger partial charge in [0.2, 0.25) is 5.91 Å². The number of primary amides is 1. The molecule has 0 saturated carbocycles. The first-order valence-corrected chi connectivity index (χ1v) is 6.63. The Balaban J connectivity index is 2.02. The van der Waals surface area contributed by atoms with E-state index in [-0.39, 0.29) is 17.2 Å². The summed E-state index contributed by atoms with van der Waals surface area (Å²) < 4.78 is 0. The minimum absolute atomic E-state index is 0.0392. The average Bonchev–Trinajstić information content (AvgIpc) is 2.66. The molecule has 1 saturated heterocycles. The van der Waals surface area contributed by atoms with E-state index in [1.807, 2.05) is 0 Å². The Kier molecular flexibility index (Phi) is 2.58. The molecule has 3 nitrogen and oxygen atoms in total. The van der Waals surface area contributed by atoms with E-state index in [2.05, 4.69) is 17.5 Å². The Labute approximate surface area is 102 Å². The Morgan fingerprint density at radius 3 is 2.88 bits per heavy atom. The molecule has 0 radical (unpaired) electrons. The van der Waals surface area contributed by atoms with Crippen LogP contribution < -0.4 is 11.1 Å². The highest BCUT2D eigenvalue weighted by atomic mass is 16.1. The molecule has 1 spiro atoms. The van der Waals surface area contributed by atoms with Gasteiger partial charge in [0.1, 0.15) is 0 Å². The molecule has 3 N–H and O–H groups in total. The van der Waals surface area contributed by atoms with Gasteiger partial charge in [-0.2, -0.15) is 0 Å². The zero-order chi connectivity index (χ0) is 11.9. The van der Waals surface area contributed by atoms with Gasteiger partial charge in [0, 0.05) is 5.41 Å². The summed E-state index contributed by atoms with van der Waals surface area (Å²) in [4.78, 5) is 11.8. The molecule has 1 fully saturated rings. The zero-order valence-electron chi connectivity index (χ0n) is 10.2. The van der Waals surface area contributed by atoms with Crippen molar-refractivity contribution in [2.45, 2.75) is 32.1 Å². The predicted molar refractivity (Wildman–Crippen MR) is 67.2 cm³/mol. The highest BCUT2D eigenvalue weighted by Gasteiger charge is 2.50. The molecule has 0 aromatic carbocycles. The molecule has 1 aliphatic heterocycles. The molecule has 1 atom stereocenters. The van der Waals surface area contributed by atoms with Crippen molar-refractivity contribution in [3.05, 3.63) is 23.3 Å². The lowest BCUT2D eigenvalue weighted by molar-refractivity contribution is -0.125. The second-order valence-corrected chi connectivity index (χ2v) is 5.52. The molecule has 0 aromatic rings. The van der Waals surface area contributed by atoms with E-state index in [0.717, 1.165) is 45.2 Å². The SMILES string of the molecule is NC(=O)C1CC2=C(C=CCC2)C12CCNCC2. The van der Waals surface area contributed by atoms with Crippen molar-refractivity contribution in [3.63, 3.8) is 0 Å². The van der Waals surface area contributed by atoms with Crippen molar-refractivity contribution < 1.29 is 4.79 Å². The topological polar surface area (TPSA) is 55.1 Å². The van der Waals surface area contributed by atoms with Crippen molar-refractivity contribution in [1.82, 2.24) is 5.32 Å². The highest BCUT2D eigenvalue weighted by molar-refractivity contribution is 5.80.